The number of rotatable bonds is 4. The number of halogens is 2. The van der Waals surface area contributed by atoms with Crippen LogP contribution in [0.3, 0.4) is 0 Å². The maximum atomic E-state index is 13.1. The van der Waals surface area contributed by atoms with E-state index in [2.05, 4.69) is 0 Å². The molecule has 0 spiro atoms. The highest BCUT2D eigenvalue weighted by Gasteiger charge is 2.17. The van der Waals surface area contributed by atoms with Gasteiger partial charge in [-0.05, 0) is 6.07 Å². The van der Waals surface area contributed by atoms with Gasteiger partial charge in [0.05, 0.1) is 11.0 Å². The molecule has 0 radical (unpaired) electrons. The quantitative estimate of drug-likeness (QED) is 0.473. The molecule has 0 saturated carbocycles. The minimum Gasteiger partial charge on any atom is -0.341 e. The lowest BCUT2D eigenvalue weighted by atomic mass is 10.1. The molecule has 5 nitrogen and oxygen atoms in total. The third-order valence-electron chi connectivity index (χ3n) is 2.11. The van der Waals surface area contributed by atoms with Crippen LogP contribution in [0.1, 0.15) is 10.4 Å². The van der Waals surface area contributed by atoms with E-state index >= 15 is 0 Å². The number of non-ortho nitro benzene ring substituents is 1. The van der Waals surface area contributed by atoms with Crippen molar-refractivity contribution in [3.8, 4) is 0 Å². The molecule has 1 rings (SSSR count). The minimum atomic E-state index is -0.818. The van der Waals surface area contributed by atoms with Crippen molar-refractivity contribution in [3.63, 3.8) is 0 Å². The summed E-state index contributed by atoms with van der Waals surface area (Å²) in [5.74, 6) is -1.09. The van der Waals surface area contributed by atoms with Crippen molar-refractivity contribution >= 4 is 23.2 Å². The Morgan fingerprint density at radius 2 is 2.18 bits per heavy atom. The van der Waals surface area contributed by atoms with Crippen molar-refractivity contribution in [3.05, 3.63) is 39.7 Å². The van der Waals surface area contributed by atoms with Crippen LogP contribution in [0.4, 0.5) is 10.1 Å². The molecular formula is C10H10ClFN2O3. The number of carbonyl (C=O) groups excluding carboxylic acids is 1. The van der Waals surface area contributed by atoms with Gasteiger partial charge in [0.1, 0.15) is 5.82 Å². The molecule has 17 heavy (non-hydrogen) atoms. The first kappa shape index (κ1) is 13.4. The van der Waals surface area contributed by atoms with Crippen molar-refractivity contribution in [1.29, 1.82) is 0 Å². The lowest BCUT2D eigenvalue weighted by Gasteiger charge is -2.15. The van der Waals surface area contributed by atoms with Crippen LogP contribution in [-0.2, 0) is 0 Å². The molecule has 0 aliphatic rings. The zero-order chi connectivity index (χ0) is 13.0. The number of nitrogens with zero attached hydrogens (tertiary/aromatic N) is 2. The summed E-state index contributed by atoms with van der Waals surface area (Å²) < 4.78 is 13.1. The normalized spacial score (nSPS) is 10.1. The Bertz CT molecular complexity index is 453. The lowest BCUT2D eigenvalue weighted by molar-refractivity contribution is -0.385. The highest BCUT2D eigenvalue weighted by atomic mass is 35.5. The molecule has 0 unspecified atom stereocenters. The summed E-state index contributed by atoms with van der Waals surface area (Å²) in [5.41, 5.74) is -0.517. The highest BCUT2D eigenvalue weighted by molar-refractivity contribution is 6.18. The van der Waals surface area contributed by atoms with Gasteiger partial charge in [-0.3, -0.25) is 14.9 Å². The molecule has 0 atom stereocenters. The Morgan fingerprint density at radius 1 is 1.53 bits per heavy atom. The monoisotopic (exact) mass is 260 g/mol. The van der Waals surface area contributed by atoms with Crippen LogP contribution in [0.5, 0.6) is 0 Å². The number of amides is 1. The molecule has 1 amide bonds. The summed E-state index contributed by atoms with van der Waals surface area (Å²) in [6.07, 6.45) is 0. The largest absolute Gasteiger partial charge is 0.341 e. The van der Waals surface area contributed by atoms with Gasteiger partial charge in [-0.2, -0.15) is 0 Å². The molecule has 0 bridgehead atoms. The summed E-state index contributed by atoms with van der Waals surface area (Å²) >= 11 is 5.46. The smallest absolute Gasteiger partial charge is 0.273 e. The fourth-order valence-electron chi connectivity index (χ4n) is 1.25. The number of carbonyl (C=O) groups is 1. The summed E-state index contributed by atoms with van der Waals surface area (Å²) in [5, 5.41) is 10.5. The van der Waals surface area contributed by atoms with Gasteiger partial charge in [0.25, 0.3) is 11.6 Å². The van der Waals surface area contributed by atoms with E-state index in [1.807, 2.05) is 0 Å². The zero-order valence-electron chi connectivity index (χ0n) is 9.02. The van der Waals surface area contributed by atoms with Crippen molar-refractivity contribution in [1.82, 2.24) is 4.90 Å². The Labute approximate surface area is 102 Å². The van der Waals surface area contributed by atoms with Crippen LogP contribution in [0.15, 0.2) is 18.2 Å². The Morgan fingerprint density at radius 3 is 2.71 bits per heavy atom. The Hall–Kier alpha value is -1.69. The number of nitro benzene ring substituents is 1. The topological polar surface area (TPSA) is 63.5 Å². The van der Waals surface area contributed by atoms with Crippen molar-refractivity contribution in [2.24, 2.45) is 0 Å². The molecule has 0 aliphatic carbocycles. The van der Waals surface area contributed by atoms with E-state index in [0.717, 1.165) is 18.2 Å². The van der Waals surface area contributed by atoms with Gasteiger partial charge in [0.2, 0.25) is 0 Å². The minimum absolute atomic E-state index is 0.0654. The fraction of sp³-hybridized carbons (Fsp3) is 0.300. The Balaban J connectivity index is 3.05. The summed E-state index contributed by atoms with van der Waals surface area (Å²) in [6, 6.07) is 2.76. The average Bonchev–Trinajstić information content (AvgIpc) is 2.27. The third-order valence-corrected chi connectivity index (χ3v) is 2.28. The van der Waals surface area contributed by atoms with Gasteiger partial charge in [-0.15, -0.1) is 11.6 Å². The van der Waals surface area contributed by atoms with E-state index in [9.17, 15) is 19.3 Å². The molecule has 1 aromatic carbocycles. The van der Waals surface area contributed by atoms with E-state index in [0.29, 0.717) is 0 Å². The van der Waals surface area contributed by atoms with Gasteiger partial charge < -0.3 is 4.90 Å². The molecule has 0 fully saturated rings. The average molecular weight is 261 g/mol. The summed E-state index contributed by atoms with van der Waals surface area (Å²) in [7, 11) is 1.49. The Kier molecular flexibility index (Phi) is 4.39. The predicted octanol–water partition coefficient (Wildman–Crippen LogP) is 2.04. The zero-order valence-corrected chi connectivity index (χ0v) is 9.78. The fourth-order valence-corrected chi connectivity index (χ4v) is 1.51. The van der Waals surface area contributed by atoms with Crippen LogP contribution in [0, 0.1) is 15.9 Å². The number of benzene rings is 1. The number of nitro groups is 1. The third kappa shape index (κ3) is 3.39. The van der Waals surface area contributed by atoms with E-state index in [1.165, 1.54) is 11.9 Å². The van der Waals surface area contributed by atoms with E-state index in [4.69, 9.17) is 11.6 Å². The second-order valence-corrected chi connectivity index (χ2v) is 3.75. The van der Waals surface area contributed by atoms with E-state index in [-0.39, 0.29) is 18.0 Å². The van der Waals surface area contributed by atoms with Crippen LogP contribution in [0.2, 0.25) is 0 Å². The SMILES string of the molecule is CN(CCCl)C(=O)c1cc(F)cc([N+](=O)[O-])c1. The standard InChI is InChI=1S/C10H10ClFN2O3/c1-13(3-2-11)10(15)7-4-8(12)6-9(5-7)14(16)17/h4-6H,2-3H2,1H3. The number of hydrogen-bond donors (Lipinski definition) is 0. The first-order chi connectivity index (χ1) is 7.95. The highest BCUT2D eigenvalue weighted by Crippen LogP contribution is 2.17. The second kappa shape index (κ2) is 5.58. The first-order valence-corrected chi connectivity index (χ1v) is 5.25. The van der Waals surface area contributed by atoms with Gasteiger partial charge in [0, 0.05) is 31.1 Å². The predicted molar refractivity (Wildman–Crippen MR) is 60.7 cm³/mol. The van der Waals surface area contributed by atoms with E-state index in [1.54, 1.807) is 0 Å². The van der Waals surface area contributed by atoms with E-state index < -0.39 is 22.3 Å². The van der Waals surface area contributed by atoms with Gasteiger partial charge >= 0.3 is 0 Å². The molecule has 0 heterocycles. The summed E-state index contributed by atoms with van der Waals surface area (Å²) in [4.78, 5) is 22.8. The van der Waals surface area contributed by atoms with Gasteiger partial charge in [-0.1, -0.05) is 0 Å². The molecular weight excluding hydrogens is 251 g/mol. The summed E-state index contributed by atoms with van der Waals surface area (Å²) in [6.45, 7) is 0.282. The molecule has 0 N–H and O–H groups in total. The van der Waals surface area contributed by atoms with Crippen molar-refractivity contribution < 1.29 is 14.1 Å². The molecule has 7 heteroatoms. The maximum absolute atomic E-state index is 13.1. The van der Waals surface area contributed by atoms with Crippen LogP contribution < -0.4 is 0 Å². The van der Waals surface area contributed by atoms with Crippen LogP contribution in [-0.4, -0.2) is 35.2 Å². The number of hydrogen-bond acceptors (Lipinski definition) is 3. The second-order valence-electron chi connectivity index (χ2n) is 3.37. The molecule has 1 aromatic rings. The lowest BCUT2D eigenvalue weighted by Crippen LogP contribution is -2.28. The van der Waals surface area contributed by atoms with Crippen LogP contribution in [0.25, 0.3) is 0 Å². The number of alkyl halides is 1. The molecule has 0 aliphatic heterocycles. The van der Waals surface area contributed by atoms with Crippen LogP contribution >= 0.6 is 11.6 Å². The van der Waals surface area contributed by atoms with Crippen molar-refractivity contribution in [2.45, 2.75) is 0 Å². The molecule has 0 aromatic heterocycles. The first-order valence-electron chi connectivity index (χ1n) is 4.72. The van der Waals surface area contributed by atoms with Gasteiger partial charge in [-0.25, -0.2) is 4.39 Å². The van der Waals surface area contributed by atoms with Crippen molar-refractivity contribution in [2.75, 3.05) is 19.5 Å². The molecule has 92 valence electrons. The molecule has 0 saturated heterocycles. The van der Waals surface area contributed by atoms with Gasteiger partial charge in [0.15, 0.2) is 0 Å². The maximum Gasteiger partial charge on any atom is 0.273 e.